The largest absolute Gasteiger partial charge is 0.510 e. The molecule has 3 aromatic heterocycles. The molecule has 64 heavy (non-hydrogen) atoms. The zero-order valence-electron chi connectivity index (χ0n) is 39.2. The van der Waals surface area contributed by atoms with Crippen LogP contribution in [0.25, 0.3) is 105 Å². The number of fused-ring (bicyclic) bond motifs is 23. The fourth-order valence-corrected chi connectivity index (χ4v) is 9.08. The molecule has 5 nitrogen and oxygen atoms in total. The molecule has 0 fully saturated rings. The van der Waals surface area contributed by atoms with Gasteiger partial charge in [-0.2, -0.15) is 24.3 Å². The Morgan fingerprint density at radius 2 is 1.31 bits per heavy atom. The Kier molecular flexibility index (Phi) is 8.51. The summed E-state index contributed by atoms with van der Waals surface area (Å²) in [5.41, 5.74) is 10.0. The van der Waals surface area contributed by atoms with E-state index in [2.05, 4.69) is 158 Å². The van der Waals surface area contributed by atoms with Crippen LogP contribution in [0, 0.1) is 12.1 Å². The minimum Gasteiger partial charge on any atom is -0.510 e. The molecule has 0 saturated heterocycles. The van der Waals surface area contributed by atoms with Crippen LogP contribution in [0.2, 0.25) is 0 Å². The summed E-state index contributed by atoms with van der Waals surface area (Å²) in [5, 5.41) is 6.05. The normalized spacial score (nSPS) is 12.7. The van der Waals surface area contributed by atoms with Crippen molar-refractivity contribution in [2.24, 2.45) is 0 Å². The van der Waals surface area contributed by atoms with Gasteiger partial charge in [-0.25, -0.2) is 4.98 Å². The molecule has 6 heteroatoms. The molecule has 0 saturated carbocycles. The first kappa shape index (κ1) is 35.2. The first-order chi connectivity index (χ1) is 32.5. The van der Waals surface area contributed by atoms with Crippen molar-refractivity contribution in [1.82, 2.24) is 18.5 Å². The van der Waals surface area contributed by atoms with Crippen molar-refractivity contribution >= 4 is 82.1 Å². The SMILES string of the molecule is [2H]c1c([2H])c([2H])c2c(c1[2H])c1ccc3[c-]c1n2c1cccc(n1)c1cccc(c1)c1ccccc1c1cccc(-c2cccc(C(C)(C)C)c2)c1n1[cH-]n(c2[c-]c(ccc2)o3)-c2ccccc2-1.[Pt]. The number of hydrogen-bond donors (Lipinski definition) is 0. The van der Waals surface area contributed by atoms with Crippen LogP contribution in [-0.2, 0) is 26.5 Å². The van der Waals surface area contributed by atoms with Gasteiger partial charge in [-0.05, 0) is 90.2 Å². The Bertz CT molecular complexity index is 4170. The van der Waals surface area contributed by atoms with Gasteiger partial charge in [0.15, 0.2) is 0 Å². The summed E-state index contributed by atoms with van der Waals surface area (Å²) in [6.45, 7) is 6.75. The van der Waals surface area contributed by atoms with E-state index in [-0.39, 0.29) is 50.6 Å². The number of aromatic nitrogens is 4. The number of benzene rings is 8. The fourth-order valence-electron chi connectivity index (χ4n) is 9.08. The molecule has 11 aromatic rings. The maximum absolute atomic E-state index is 9.17. The van der Waals surface area contributed by atoms with Gasteiger partial charge >= 0.3 is 0 Å². The van der Waals surface area contributed by atoms with Crippen molar-refractivity contribution in [1.29, 1.82) is 0 Å². The Hall–Kier alpha value is -7.33. The van der Waals surface area contributed by atoms with Crippen LogP contribution in [-0.4, -0.2) is 18.5 Å². The van der Waals surface area contributed by atoms with Crippen LogP contribution in [0.3, 0.4) is 0 Å². The smallest absolute Gasteiger partial charge is 0.136 e. The number of nitrogens with zero attached hydrogens (tertiary/aromatic N) is 4. The molecule has 0 atom stereocenters. The third kappa shape index (κ3) is 6.58. The van der Waals surface area contributed by atoms with E-state index in [1.165, 1.54) is 5.56 Å². The van der Waals surface area contributed by atoms with Gasteiger partial charge in [0.2, 0.25) is 0 Å². The Labute approximate surface area is 390 Å². The van der Waals surface area contributed by atoms with Crippen molar-refractivity contribution in [2.45, 2.75) is 26.2 Å². The van der Waals surface area contributed by atoms with Gasteiger partial charge in [0, 0.05) is 49.5 Å². The standard InChI is InChI=1S/C58H41N4O.Pt/c1-58(2,3)41-18-11-16-39(34-41)46-24-13-25-50-47-22-5-4-21-45(47)38-15-10-17-40(33-38)51-26-14-30-56(59-51)62-52-27-7-6-23-48(52)49-32-31-44(36-55(49)62)63-43-20-12-19-42(35-43)60-37-61(57(46)50)54-29-9-8-28-53(54)60;/h4-34,37H,1-3H3;/q-3;/i6D,7D,23D,27D;. The Morgan fingerprint density at radius 3 is 2.19 bits per heavy atom. The zero-order valence-corrected chi connectivity index (χ0v) is 37.5. The molecule has 0 amide bonds. The molecule has 312 valence electrons. The van der Waals surface area contributed by atoms with E-state index in [1.54, 1.807) is 10.5 Å². The number of hydrogen-bond acceptors (Lipinski definition) is 2. The first-order valence-corrected chi connectivity index (χ1v) is 21.1. The second-order valence-electron chi connectivity index (χ2n) is 17.0. The second kappa shape index (κ2) is 15.5. The van der Waals surface area contributed by atoms with Crippen molar-refractivity contribution in [3.8, 4) is 22.5 Å². The predicted molar refractivity (Wildman–Crippen MR) is 261 cm³/mol. The van der Waals surface area contributed by atoms with Crippen LogP contribution in [0.5, 0.6) is 0 Å². The van der Waals surface area contributed by atoms with Gasteiger partial charge < -0.3 is 18.0 Å². The molecule has 0 N–H and O–H groups in total. The zero-order chi connectivity index (χ0) is 45.7. The molecule has 8 aromatic carbocycles. The molecule has 0 aliphatic carbocycles. The van der Waals surface area contributed by atoms with Gasteiger partial charge in [0.1, 0.15) is 5.65 Å². The molecule has 4 heterocycles. The molecular formula is C58H41N4OPt-3. The van der Waals surface area contributed by atoms with Gasteiger partial charge in [0.05, 0.1) is 11.0 Å². The minimum absolute atomic E-state index is 0. The van der Waals surface area contributed by atoms with Crippen LogP contribution in [0.15, 0.2) is 199 Å². The summed E-state index contributed by atoms with van der Waals surface area (Å²) in [7, 11) is 0. The minimum atomic E-state index is -0.324. The fraction of sp³-hybridized carbons (Fsp3) is 0.0690. The maximum atomic E-state index is 9.17. The van der Waals surface area contributed by atoms with Gasteiger partial charge in [-0.3, -0.25) is 0 Å². The third-order valence-electron chi connectivity index (χ3n) is 12.1. The number of imidazole rings is 1. The van der Waals surface area contributed by atoms with E-state index in [4.69, 9.17) is 14.9 Å². The van der Waals surface area contributed by atoms with Crippen LogP contribution < -0.4 is 0 Å². The van der Waals surface area contributed by atoms with E-state index in [0.717, 1.165) is 60.5 Å². The summed E-state index contributed by atoms with van der Waals surface area (Å²) in [6.07, 6.45) is 2.15. The van der Waals surface area contributed by atoms with Crippen LogP contribution >= 0.6 is 0 Å². The van der Waals surface area contributed by atoms with Crippen LogP contribution in [0.4, 0.5) is 0 Å². The summed E-state index contributed by atoms with van der Waals surface area (Å²) in [5.74, 6) is 0. The number of rotatable bonds is 1. The van der Waals surface area contributed by atoms with E-state index < -0.39 is 0 Å². The molecule has 12 rings (SSSR count). The van der Waals surface area contributed by atoms with E-state index in [1.807, 2.05) is 48.5 Å². The van der Waals surface area contributed by atoms with Crippen LogP contribution in [0.1, 0.15) is 31.8 Å². The molecular weight excluding hydrogens is 964 g/mol. The predicted octanol–water partition coefficient (Wildman–Crippen LogP) is 15.1. The van der Waals surface area contributed by atoms with E-state index in [9.17, 15) is 0 Å². The summed E-state index contributed by atoms with van der Waals surface area (Å²) in [6, 6.07) is 62.2. The molecule has 1 aliphatic rings. The topological polar surface area (TPSA) is 40.3 Å². The van der Waals surface area contributed by atoms with Crippen molar-refractivity contribution in [3.63, 3.8) is 0 Å². The molecule has 0 spiro atoms. The molecule has 1 aliphatic heterocycles. The van der Waals surface area contributed by atoms with E-state index >= 15 is 0 Å². The average Bonchev–Trinajstić information content (AvgIpc) is 3.91. The molecule has 0 unspecified atom stereocenters. The summed E-state index contributed by atoms with van der Waals surface area (Å²) in [4.78, 5) is 5.23. The van der Waals surface area contributed by atoms with Crippen molar-refractivity contribution in [2.75, 3.05) is 0 Å². The quantitative estimate of drug-likeness (QED) is 0.154. The van der Waals surface area contributed by atoms with Gasteiger partial charge in [-0.1, -0.05) is 160 Å². The first-order valence-electron chi connectivity index (χ1n) is 23.1. The Morgan fingerprint density at radius 1 is 0.594 bits per heavy atom. The van der Waals surface area contributed by atoms with E-state index in [0.29, 0.717) is 44.1 Å². The van der Waals surface area contributed by atoms with Gasteiger partial charge in [-0.15, -0.1) is 29.1 Å². The average molecular weight is 1010 g/mol. The molecule has 10 bridgehead atoms. The number of para-hydroxylation sites is 4. The summed E-state index contributed by atoms with van der Waals surface area (Å²) < 4.78 is 48.3. The van der Waals surface area contributed by atoms with Gasteiger partial charge in [0.25, 0.3) is 0 Å². The van der Waals surface area contributed by atoms with Crippen molar-refractivity contribution < 1.29 is 31.0 Å². The summed E-state index contributed by atoms with van der Waals surface area (Å²) >= 11 is 0. The maximum Gasteiger partial charge on any atom is 0.136 e. The van der Waals surface area contributed by atoms with Crippen molar-refractivity contribution in [3.05, 3.63) is 212 Å². The Balaban J connectivity index is 0.00000507. The monoisotopic (exact) mass is 1010 g/mol. The molecule has 0 radical (unpaired) electrons. The third-order valence-corrected chi connectivity index (χ3v) is 12.1. The second-order valence-corrected chi connectivity index (χ2v) is 17.0. The number of pyridine rings is 1.